The molecule has 0 unspecified atom stereocenters. The van der Waals surface area contributed by atoms with Crippen LogP contribution in [0.1, 0.15) is 15.9 Å². The van der Waals surface area contributed by atoms with Crippen LogP contribution in [0.3, 0.4) is 0 Å². The molecule has 0 bridgehead atoms. The summed E-state index contributed by atoms with van der Waals surface area (Å²) in [5, 5.41) is 14.6. The van der Waals surface area contributed by atoms with Crippen LogP contribution in [-0.2, 0) is 0 Å². The Labute approximate surface area is 177 Å². The second kappa shape index (κ2) is 7.53. The van der Waals surface area contributed by atoms with Crippen molar-refractivity contribution in [1.82, 2.24) is 20.0 Å². The number of aromatic amines is 1. The Kier molecular flexibility index (Phi) is 4.55. The number of H-pyrrole nitrogens is 1. The number of nitrogens with one attached hydrogen (secondary N) is 2. The fraction of sp³-hybridized carbons (Fsp3) is 0.0417. The van der Waals surface area contributed by atoms with Crippen LogP contribution in [0.4, 0.5) is 10.2 Å². The predicted octanol–water partition coefficient (Wildman–Crippen LogP) is 5.12. The number of rotatable bonds is 4. The van der Waals surface area contributed by atoms with Gasteiger partial charge < -0.3 is 5.32 Å². The molecule has 1 amide bonds. The zero-order valence-corrected chi connectivity index (χ0v) is 16.6. The lowest BCUT2D eigenvalue weighted by Gasteiger charge is -2.11. The molecule has 31 heavy (non-hydrogen) atoms. The van der Waals surface area contributed by atoms with E-state index in [1.165, 1.54) is 12.3 Å². The Morgan fingerprint density at radius 1 is 1.06 bits per heavy atom. The molecule has 2 N–H and O–H groups in total. The van der Waals surface area contributed by atoms with Crippen molar-refractivity contribution in [3.05, 3.63) is 96.1 Å². The number of benzene rings is 3. The number of para-hydroxylation sites is 1. The van der Waals surface area contributed by atoms with Crippen molar-refractivity contribution < 1.29 is 9.18 Å². The van der Waals surface area contributed by atoms with Gasteiger partial charge in [0.05, 0.1) is 23.6 Å². The van der Waals surface area contributed by atoms with Gasteiger partial charge in [-0.25, -0.2) is 9.07 Å². The van der Waals surface area contributed by atoms with E-state index in [0.717, 1.165) is 22.2 Å². The van der Waals surface area contributed by atoms with Gasteiger partial charge in [0, 0.05) is 17.0 Å². The highest BCUT2D eigenvalue weighted by Gasteiger charge is 2.15. The molecule has 0 atom stereocenters. The van der Waals surface area contributed by atoms with Crippen LogP contribution in [0.15, 0.2) is 79.1 Å². The second-order valence-corrected chi connectivity index (χ2v) is 7.22. The number of hydrogen-bond acceptors (Lipinski definition) is 3. The molecule has 0 spiro atoms. The molecule has 6 nitrogen and oxygen atoms in total. The number of carbonyl (C=O) groups is 1. The van der Waals surface area contributed by atoms with Crippen LogP contribution in [0.25, 0.3) is 27.7 Å². The van der Waals surface area contributed by atoms with E-state index in [0.29, 0.717) is 16.9 Å². The third-order valence-corrected chi connectivity index (χ3v) is 5.24. The highest BCUT2D eigenvalue weighted by molar-refractivity contribution is 6.04. The fourth-order valence-electron chi connectivity index (χ4n) is 3.61. The first-order chi connectivity index (χ1) is 15.1. The van der Waals surface area contributed by atoms with Crippen LogP contribution in [-0.4, -0.2) is 25.9 Å². The van der Waals surface area contributed by atoms with Gasteiger partial charge in [0.15, 0.2) is 0 Å². The molecule has 5 rings (SSSR count). The number of amides is 1. The topological polar surface area (TPSA) is 75.6 Å². The summed E-state index contributed by atoms with van der Waals surface area (Å²) in [6.45, 7) is 1.71. The van der Waals surface area contributed by atoms with Crippen molar-refractivity contribution in [3.63, 3.8) is 0 Å². The summed E-state index contributed by atoms with van der Waals surface area (Å²) in [6, 6.07) is 20.3. The van der Waals surface area contributed by atoms with Crippen LogP contribution in [0.5, 0.6) is 0 Å². The van der Waals surface area contributed by atoms with Crippen molar-refractivity contribution in [2.75, 3.05) is 5.32 Å². The maximum Gasteiger partial charge on any atom is 0.256 e. The normalized spacial score (nSPS) is 11.0. The molecular weight excluding hydrogens is 393 g/mol. The summed E-state index contributed by atoms with van der Waals surface area (Å²) in [6.07, 6.45) is 3.31. The highest BCUT2D eigenvalue weighted by atomic mass is 19.1. The Morgan fingerprint density at radius 3 is 2.68 bits per heavy atom. The zero-order chi connectivity index (χ0) is 21.4. The maximum atomic E-state index is 14.7. The van der Waals surface area contributed by atoms with Crippen LogP contribution in [0, 0.1) is 12.7 Å². The molecule has 2 heterocycles. The van der Waals surface area contributed by atoms with E-state index in [1.807, 2.05) is 53.2 Å². The maximum absolute atomic E-state index is 14.7. The number of aromatic nitrogens is 4. The first kappa shape index (κ1) is 18.7. The average Bonchev–Trinajstić information content (AvgIpc) is 3.45. The summed E-state index contributed by atoms with van der Waals surface area (Å²) >= 11 is 0. The van der Waals surface area contributed by atoms with E-state index in [9.17, 15) is 9.18 Å². The van der Waals surface area contributed by atoms with Gasteiger partial charge in [0.1, 0.15) is 11.6 Å². The lowest BCUT2D eigenvalue weighted by molar-refractivity contribution is 0.102. The van der Waals surface area contributed by atoms with Crippen molar-refractivity contribution in [3.8, 4) is 16.8 Å². The number of carbonyl (C=O) groups excluding carboxylic acids is 1. The van der Waals surface area contributed by atoms with E-state index in [1.54, 1.807) is 25.3 Å². The zero-order valence-electron chi connectivity index (χ0n) is 16.6. The van der Waals surface area contributed by atoms with Crippen molar-refractivity contribution >= 4 is 22.6 Å². The Hall–Kier alpha value is -4.26. The smallest absolute Gasteiger partial charge is 0.256 e. The summed E-state index contributed by atoms with van der Waals surface area (Å²) in [5.74, 6) is -0.406. The SMILES string of the molecule is Cc1c(F)cc(C(=O)Nc2ccn[nH]2)cc1-c1ccc2c(cnn2-c2ccccc2)c1. The van der Waals surface area contributed by atoms with Crippen LogP contribution >= 0.6 is 0 Å². The number of hydrogen-bond donors (Lipinski definition) is 2. The minimum absolute atomic E-state index is 0.229. The van der Waals surface area contributed by atoms with Gasteiger partial charge in [0.25, 0.3) is 5.91 Å². The number of halogens is 1. The molecule has 0 aliphatic carbocycles. The van der Waals surface area contributed by atoms with Gasteiger partial charge in [-0.3, -0.25) is 9.89 Å². The fourth-order valence-corrected chi connectivity index (χ4v) is 3.61. The minimum atomic E-state index is -0.438. The predicted molar refractivity (Wildman–Crippen MR) is 118 cm³/mol. The summed E-state index contributed by atoms with van der Waals surface area (Å²) in [4.78, 5) is 12.6. The molecule has 0 aliphatic rings. The van der Waals surface area contributed by atoms with E-state index >= 15 is 0 Å². The number of fused-ring (bicyclic) bond motifs is 1. The standard InChI is InChI=1S/C24H18FN5O/c1-15-20(12-17(13-21(15)25)24(31)28-23-9-10-26-29-23)16-7-8-22-18(11-16)14-27-30(22)19-5-3-2-4-6-19/h2-14H,1H3,(H2,26,28,29,31). The van der Waals surface area contributed by atoms with Gasteiger partial charge in [0.2, 0.25) is 0 Å². The first-order valence-electron chi connectivity index (χ1n) is 9.74. The van der Waals surface area contributed by atoms with Crippen molar-refractivity contribution in [2.24, 2.45) is 0 Å². The van der Waals surface area contributed by atoms with Gasteiger partial charge in [-0.05, 0) is 60.0 Å². The van der Waals surface area contributed by atoms with Gasteiger partial charge in [-0.1, -0.05) is 24.3 Å². The average molecular weight is 411 g/mol. The van der Waals surface area contributed by atoms with Gasteiger partial charge in [-0.2, -0.15) is 10.2 Å². The highest BCUT2D eigenvalue weighted by Crippen LogP contribution is 2.30. The summed E-state index contributed by atoms with van der Waals surface area (Å²) in [5.41, 5.74) is 4.09. The van der Waals surface area contributed by atoms with Crippen molar-refractivity contribution in [2.45, 2.75) is 6.92 Å². The molecule has 0 saturated carbocycles. The third-order valence-electron chi connectivity index (χ3n) is 5.24. The third kappa shape index (κ3) is 3.46. The molecule has 2 aromatic heterocycles. The molecule has 0 radical (unpaired) electrons. The molecule has 0 aliphatic heterocycles. The van der Waals surface area contributed by atoms with Gasteiger partial charge >= 0.3 is 0 Å². The van der Waals surface area contributed by atoms with Crippen LogP contribution < -0.4 is 5.32 Å². The Morgan fingerprint density at radius 2 is 1.90 bits per heavy atom. The quantitative estimate of drug-likeness (QED) is 0.431. The lowest BCUT2D eigenvalue weighted by Crippen LogP contribution is -2.13. The number of nitrogens with zero attached hydrogens (tertiary/aromatic N) is 3. The molecule has 152 valence electrons. The summed E-state index contributed by atoms with van der Waals surface area (Å²) in [7, 11) is 0. The van der Waals surface area contributed by atoms with E-state index in [2.05, 4.69) is 20.6 Å². The lowest BCUT2D eigenvalue weighted by atomic mass is 9.96. The molecule has 7 heteroatoms. The van der Waals surface area contributed by atoms with Crippen LogP contribution in [0.2, 0.25) is 0 Å². The molecule has 5 aromatic rings. The monoisotopic (exact) mass is 411 g/mol. The molecule has 3 aromatic carbocycles. The minimum Gasteiger partial charge on any atom is -0.307 e. The number of anilines is 1. The van der Waals surface area contributed by atoms with Crippen molar-refractivity contribution in [1.29, 1.82) is 0 Å². The van der Waals surface area contributed by atoms with E-state index in [-0.39, 0.29) is 5.56 Å². The van der Waals surface area contributed by atoms with Gasteiger partial charge in [-0.15, -0.1) is 0 Å². The molecule has 0 saturated heterocycles. The summed E-state index contributed by atoms with van der Waals surface area (Å²) < 4.78 is 16.5. The van der Waals surface area contributed by atoms with E-state index < -0.39 is 11.7 Å². The Balaban J connectivity index is 1.55. The van der Waals surface area contributed by atoms with E-state index in [4.69, 9.17) is 0 Å². The Bertz CT molecular complexity index is 1390. The second-order valence-electron chi connectivity index (χ2n) is 7.22. The molecule has 0 fully saturated rings. The molecular formula is C24H18FN5O. The largest absolute Gasteiger partial charge is 0.307 e. The first-order valence-corrected chi connectivity index (χ1v) is 9.74.